The smallest absolute Gasteiger partial charge is 0.122 e. The van der Waals surface area contributed by atoms with Crippen molar-refractivity contribution in [3.05, 3.63) is 48.0 Å². The van der Waals surface area contributed by atoms with E-state index in [2.05, 4.69) is 45.8 Å². The van der Waals surface area contributed by atoms with Crippen molar-refractivity contribution in [3.8, 4) is 5.75 Å². The van der Waals surface area contributed by atoms with Gasteiger partial charge in [0.2, 0.25) is 0 Å². The summed E-state index contributed by atoms with van der Waals surface area (Å²) in [5.74, 6) is 1.78. The Hall–Kier alpha value is -1.81. The number of hydrogen-bond acceptors (Lipinski definition) is 3. The number of nitrogens with zero attached hydrogens (tertiary/aromatic N) is 3. The molecule has 0 bridgehead atoms. The van der Waals surface area contributed by atoms with Gasteiger partial charge in [0, 0.05) is 37.9 Å². The first kappa shape index (κ1) is 13.8. The number of aromatic nitrogens is 2. The van der Waals surface area contributed by atoms with Gasteiger partial charge in [-0.15, -0.1) is 0 Å². The van der Waals surface area contributed by atoms with Crippen LogP contribution in [0, 0.1) is 5.92 Å². The van der Waals surface area contributed by atoms with Gasteiger partial charge in [-0.25, -0.2) is 4.98 Å². The van der Waals surface area contributed by atoms with E-state index in [0.717, 1.165) is 31.9 Å². The molecule has 4 nitrogen and oxygen atoms in total. The molecule has 2 unspecified atom stereocenters. The zero-order valence-electron chi connectivity index (χ0n) is 13.1. The number of rotatable bonds is 3. The van der Waals surface area contributed by atoms with Crippen LogP contribution in [-0.2, 0) is 13.0 Å². The number of likely N-dealkylation sites (tertiary alicyclic amines) is 1. The molecule has 22 heavy (non-hydrogen) atoms. The van der Waals surface area contributed by atoms with Crippen LogP contribution in [0.3, 0.4) is 0 Å². The Morgan fingerprint density at radius 2 is 2.32 bits per heavy atom. The van der Waals surface area contributed by atoms with Crippen LogP contribution >= 0.6 is 0 Å². The Bertz CT molecular complexity index is 638. The Morgan fingerprint density at radius 3 is 3.18 bits per heavy atom. The van der Waals surface area contributed by atoms with Crippen molar-refractivity contribution in [2.24, 2.45) is 5.92 Å². The number of ether oxygens (including phenoxy) is 1. The maximum absolute atomic E-state index is 5.60. The minimum Gasteiger partial charge on any atom is -0.493 e. The summed E-state index contributed by atoms with van der Waals surface area (Å²) >= 11 is 0. The normalized spacial score (nSPS) is 25.0. The van der Waals surface area contributed by atoms with Crippen LogP contribution in [0.5, 0.6) is 5.75 Å². The number of benzene rings is 1. The largest absolute Gasteiger partial charge is 0.493 e. The summed E-state index contributed by atoms with van der Waals surface area (Å²) in [5, 5.41) is 0. The van der Waals surface area contributed by atoms with Crippen LogP contribution < -0.4 is 4.74 Å². The summed E-state index contributed by atoms with van der Waals surface area (Å²) in [7, 11) is 0. The van der Waals surface area contributed by atoms with Gasteiger partial charge >= 0.3 is 0 Å². The standard InChI is InChI=1S/C18H23N3O/c1-14-4-7-20(12-17(14)21-8-6-19-13-21)11-15-2-3-18-16(10-15)5-9-22-18/h2-3,6,8,10,13-14,17H,4-5,7,9,11-12H2,1H3. The quantitative estimate of drug-likeness (QED) is 0.872. The van der Waals surface area contributed by atoms with Crippen molar-refractivity contribution in [2.75, 3.05) is 19.7 Å². The lowest BCUT2D eigenvalue weighted by molar-refractivity contribution is 0.126. The van der Waals surface area contributed by atoms with E-state index in [1.807, 2.05) is 12.5 Å². The zero-order chi connectivity index (χ0) is 14.9. The maximum Gasteiger partial charge on any atom is 0.122 e. The molecule has 2 aliphatic rings. The SMILES string of the molecule is CC1CCN(Cc2ccc3c(c2)CCO3)CC1n1ccnc1. The van der Waals surface area contributed by atoms with Gasteiger partial charge in [-0.05, 0) is 36.1 Å². The summed E-state index contributed by atoms with van der Waals surface area (Å²) in [4.78, 5) is 6.78. The Morgan fingerprint density at radius 1 is 1.36 bits per heavy atom. The molecule has 2 aliphatic heterocycles. The fourth-order valence-electron chi connectivity index (χ4n) is 3.71. The fraction of sp³-hybridized carbons (Fsp3) is 0.500. The van der Waals surface area contributed by atoms with Gasteiger partial charge in [0.1, 0.15) is 5.75 Å². The van der Waals surface area contributed by atoms with Gasteiger partial charge in [-0.2, -0.15) is 0 Å². The van der Waals surface area contributed by atoms with Crippen molar-refractivity contribution < 1.29 is 4.74 Å². The maximum atomic E-state index is 5.60. The Balaban J connectivity index is 1.47. The van der Waals surface area contributed by atoms with E-state index in [1.54, 1.807) is 0 Å². The second kappa shape index (κ2) is 5.76. The van der Waals surface area contributed by atoms with Crippen molar-refractivity contribution in [1.29, 1.82) is 0 Å². The molecule has 3 heterocycles. The predicted molar refractivity (Wildman–Crippen MR) is 86.0 cm³/mol. The van der Waals surface area contributed by atoms with E-state index >= 15 is 0 Å². The first-order valence-electron chi connectivity index (χ1n) is 8.24. The molecule has 4 heteroatoms. The van der Waals surface area contributed by atoms with Gasteiger partial charge in [0.25, 0.3) is 0 Å². The highest BCUT2D eigenvalue weighted by Gasteiger charge is 2.27. The lowest BCUT2D eigenvalue weighted by atomic mass is 9.93. The highest BCUT2D eigenvalue weighted by Crippen LogP contribution is 2.30. The molecule has 0 amide bonds. The van der Waals surface area contributed by atoms with Crippen LogP contribution in [0.1, 0.15) is 30.5 Å². The molecule has 0 spiro atoms. The molecule has 4 rings (SSSR count). The summed E-state index contributed by atoms with van der Waals surface area (Å²) in [6, 6.07) is 7.22. The van der Waals surface area contributed by atoms with Crippen LogP contribution in [0.15, 0.2) is 36.9 Å². The van der Waals surface area contributed by atoms with E-state index in [9.17, 15) is 0 Å². The molecule has 0 saturated carbocycles. The third-order valence-corrected chi connectivity index (χ3v) is 5.07. The molecule has 0 N–H and O–H groups in total. The summed E-state index contributed by atoms with van der Waals surface area (Å²) in [5.41, 5.74) is 2.78. The minimum atomic E-state index is 0.536. The van der Waals surface area contributed by atoms with Gasteiger partial charge in [-0.3, -0.25) is 4.90 Å². The van der Waals surface area contributed by atoms with E-state index in [4.69, 9.17) is 4.74 Å². The molecular formula is C18H23N3O. The zero-order valence-corrected chi connectivity index (χ0v) is 13.1. The van der Waals surface area contributed by atoms with Gasteiger partial charge < -0.3 is 9.30 Å². The molecule has 0 radical (unpaired) electrons. The summed E-state index contributed by atoms with van der Waals surface area (Å²) < 4.78 is 7.87. The van der Waals surface area contributed by atoms with Crippen molar-refractivity contribution in [3.63, 3.8) is 0 Å². The van der Waals surface area contributed by atoms with Crippen molar-refractivity contribution in [2.45, 2.75) is 32.4 Å². The van der Waals surface area contributed by atoms with Crippen LogP contribution in [0.2, 0.25) is 0 Å². The van der Waals surface area contributed by atoms with Crippen LogP contribution in [-0.4, -0.2) is 34.1 Å². The molecule has 1 saturated heterocycles. The fourth-order valence-corrected chi connectivity index (χ4v) is 3.71. The Kier molecular flexibility index (Phi) is 3.62. The lowest BCUT2D eigenvalue weighted by Crippen LogP contribution is -2.40. The average Bonchev–Trinajstić information content (AvgIpc) is 3.19. The summed E-state index contributed by atoms with van der Waals surface area (Å²) in [6.07, 6.45) is 8.23. The molecular weight excluding hydrogens is 274 g/mol. The monoisotopic (exact) mass is 297 g/mol. The molecule has 0 aliphatic carbocycles. The topological polar surface area (TPSA) is 30.3 Å². The van der Waals surface area contributed by atoms with Gasteiger partial charge in [0.15, 0.2) is 0 Å². The van der Waals surface area contributed by atoms with Gasteiger partial charge in [0.05, 0.1) is 12.9 Å². The van der Waals surface area contributed by atoms with Crippen molar-refractivity contribution in [1.82, 2.24) is 14.5 Å². The highest BCUT2D eigenvalue weighted by molar-refractivity contribution is 5.39. The Labute approximate surface area is 131 Å². The number of fused-ring (bicyclic) bond motifs is 1. The van der Waals surface area contributed by atoms with Crippen molar-refractivity contribution >= 4 is 0 Å². The van der Waals surface area contributed by atoms with Crippen LogP contribution in [0.25, 0.3) is 0 Å². The van der Waals surface area contributed by atoms with Crippen LogP contribution in [0.4, 0.5) is 0 Å². The minimum absolute atomic E-state index is 0.536. The molecule has 116 valence electrons. The number of imidazole rings is 1. The second-order valence-corrected chi connectivity index (χ2v) is 6.62. The first-order valence-corrected chi connectivity index (χ1v) is 8.24. The van der Waals surface area contributed by atoms with E-state index in [-0.39, 0.29) is 0 Å². The number of piperidine rings is 1. The third kappa shape index (κ3) is 2.63. The first-order chi connectivity index (χ1) is 10.8. The highest BCUT2D eigenvalue weighted by atomic mass is 16.5. The van der Waals surface area contributed by atoms with E-state index in [0.29, 0.717) is 12.0 Å². The van der Waals surface area contributed by atoms with E-state index < -0.39 is 0 Å². The van der Waals surface area contributed by atoms with E-state index in [1.165, 1.54) is 24.1 Å². The number of hydrogen-bond donors (Lipinski definition) is 0. The lowest BCUT2D eigenvalue weighted by Gasteiger charge is -2.37. The molecule has 1 fully saturated rings. The summed E-state index contributed by atoms with van der Waals surface area (Å²) in [6.45, 7) is 6.51. The molecule has 1 aromatic heterocycles. The predicted octanol–water partition coefficient (Wildman–Crippen LogP) is 2.90. The molecule has 2 atom stereocenters. The average molecular weight is 297 g/mol. The third-order valence-electron chi connectivity index (χ3n) is 5.07. The molecule has 2 aromatic rings. The van der Waals surface area contributed by atoms with Gasteiger partial charge in [-0.1, -0.05) is 19.1 Å². The second-order valence-electron chi connectivity index (χ2n) is 6.62. The molecule has 1 aromatic carbocycles.